The van der Waals surface area contributed by atoms with Crippen LogP contribution < -0.4 is 21.7 Å². The van der Waals surface area contributed by atoms with Gasteiger partial charge in [-0.25, -0.2) is 9.59 Å². The lowest BCUT2D eigenvalue weighted by atomic mass is 10.1. The first-order valence-electron chi connectivity index (χ1n) is 33.3. The standard InChI is InChI=1S/C23H44N6O2.C22H42N6O2.C14H30N4.C2H6N4.CH4.H2/c1-5-6-7-8-9-10-11-12-13-14-18-29(4,20-16-25-27-24)19-15-17-28-21(30)23(2,3)26-22(28)31;1-4-5-6-7-8-9-10-11-12-13-16-27(19-15-24-26-23)17-14-18-28-20(29)22(2,3)25-21(28)30;1-2-3-4-5-6-7-8-9-10-11-12-16-13-14-17-18-15;3-1-2-5-6-4;;/h5-20H2,1-4H3;4-19H2,1-3H3,(H,25,30);16H,2-14H2,1H3;1-3H2;1H4;1H/p+1/i;;;;;1+1. The normalized spacial score (nSPS) is 14.3. The number of nitrogens with two attached hydrogens (primary N) is 1. The maximum atomic E-state index is 12.4. The molecule has 0 radical (unpaired) electrons. The monoisotopic (exact) mass is 1220 g/mol. The van der Waals surface area contributed by atoms with E-state index in [0.29, 0.717) is 52.4 Å². The highest BCUT2D eigenvalue weighted by atomic mass is 16.2. The Morgan fingerprint density at radius 1 is 0.465 bits per heavy atom. The van der Waals surface area contributed by atoms with Crippen molar-refractivity contribution in [2.24, 2.45) is 26.2 Å². The van der Waals surface area contributed by atoms with Crippen LogP contribution in [0.3, 0.4) is 0 Å². The van der Waals surface area contributed by atoms with Gasteiger partial charge in [-0.2, -0.15) is 0 Å². The molecule has 0 saturated carbocycles. The number of rotatable bonds is 52. The van der Waals surface area contributed by atoms with E-state index in [2.05, 4.69) is 88.8 Å². The van der Waals surface area contributed by atoms with E-state index < -0.39 is 11.1 Å². The number of carbonyl (C=O) groups is 4. The first-order chi connectivity index (χ1) is 41.0. The highest BCUT2D eigenvalue weighted by molar-refractivity contribution is 6.07. The van der Waals surface area contributed by atoms with E-state index in [9.17, 15) is 19.2 Å². The number of azide groups is 4. The predicted molar refractivity (Wildman–Crippen MR) is 357 cm³/mol. The fraction of sp³-hybridized carbons (Fsp3) is 0.935. The highest BCUT2D eigenvalue weighted by Gasteiger charge is 2.45. The van der Waals surface area contributed by atoms with Crippen LogP contribution in [0.2, 0.25) is 0 Å². The Hall–Kier alpha value is -5.04. The van der Waals surface area contributed by atoms with Crippen molar-refractivity contribution in [2.75, 3.05) is 105 Å². The van der Waals surface area contributed by atoms with Gasteiger partial charge in [0, 0.05) is 73.3 Å². The molecule has 0 spiro atoms. The fourth-order valence-electron chi connectivity index (χ4n) is 10.3. The molecule has 86 heavy (non-hydrogen) atoms. The zero-order chi connectivity index (χ0) is 63.6. The minimum Gasteiger partial charge on any atom is -0.330 e. The molecule has 500 valence electrons. The molecule has 2 aliphatic heterocycles. The number of imide groups is 2. The zero-order valence-corrected chi connectivity index (χ0v) is 55.1. The first-order valence-corrected chi connectivity index (χ1v) is 33.3. The van der Waals surface area contributed by atoms with Gasteiger partial charge in [0.15, 0.2) is 0 Å². The Kier molecular flexibility index (Phi) is 58.4. The minimum atomic E-state index is -0.813. The Morgan fingerprint density at radius 3 is 1.21 bits per heavy atom. The number of hydrogen-bond donors (Lipinski definition) is 4. The van der Waals surface area contributed by atoms with E-state index in [1.165, 1.54) is 190 Å². The molecule has 5 N–H and O–H groups in total. The number of nitrogens with one attached hydrogen (secondary N) is 3. The van der Waals surface area contributed by atoms with Gasteiger partial charge in [-0.1, -0.05) is 216 Å². The van der Waals surface area contributed by atoms with E-state index in [4.69, 9.17) is 27.9 Å². The van der Waals surface area contributed by atoms with Gasteiger partial charge in [0.05, 0.1) is 33.2 Å². The maximum absolute atomic E-state index is 12.4. The molecule has 24 heteroatoms. The molecule has 2 rings (SSSR count). The summed E-state index contributed by atoms with van der Waals surface area (Å²) < 4.78 is 0.809. The number of amides is 6. The van der Waals surface area contributed by atoms with Gasteiger partial charge in [0.2, 0.25) is 0 Å². The van der Waals surface area contributed by atoms with E-state index in [1.54, 1.807) is 27.7 Å². The van der Waals surface area contributed by atoms with Gasteiger partial charge in [0.1, 0.15) is 11.1 Å². The van der Waals surface area contributed by atoms with Crippen LogP contribution in [0.15, 0.2) is 20.5 Å². The van der Waals surface area contributed by atoms with Crippen molar-refractivity contribution in [1.82, 2.24) is 30.7 Å². The van der Waals surface area contributed by atoms with Crippen molar-refractivity contribution in [3.8, 4) is 0 Å². The molecule has 0 aromatic rings. The molecule has 2 fully saturated rings. The van der Waals surface area contributed by atoms with Gasteiger partial charge in [-0.15, -0.1) is 0 Å². The summed E-state index contributed by atoms with van der Waals surface area (Å²) in [6, 6.07) is -0.603. The lowest BCUT2D eigenvalue weighted by Crippen LogP contribution is -2.48. The Balaban J connectivity index is -0.000000576. The molecule has 0 aliphatic carbocycles. The molecule has 2 heterocycles. The fourth-order valence-corrected chi connectivity index (χ4v) is 10.3. The summed E-state index contributed by atoms with van der Waals surface area (Å²) in [5.41, 5.74) is 36.2. The quantitative estimate of drug-likeness (QED) is 0.0114. The van der Waals surface area contributed by atoms with Gasteiger partial charge in [-0.3, -0.25) is 19.4 Å². The second-order valence-corrected chi connectivity index (χ2v) is 24.3. The van der Waals surface area contributed by atoms with Crippen LogP contribution in [0.5, 0.6) is 0 Å². The third kappa shape index (κ3) is 48.0. The van der Waals surface area contributed by atoms with Gasteiger partial charge >= 0.3 is 12.1 Å². The van der Waals surface area contributed by atoms with Crippen molar-refractivity contribution in [3.63, 3.8) is 0 Å². The summed E-state index contributed by atoms with van der Waals surface area (Å²) in [6.45, 7) is 23.9. The second-order valence-electron chi connectivity index (χ2n) is 24.3. The van der Waals surface area contributed by atoms with Crippen molar-refractivity contribution >= 4 is 23.9 Å². The van der Waals surface area contributed by atoms with Crippen LogP contribution in [0.1, 0.15) is 263 Å². The van der Waals surface area contributed by atoms with E-state index >= 15 is 0 Å². The Bertz CT molecular complexity index is 1910. The molecule has 0 aromatic carbocycles. The van der Waals surface area contributed by atoms with Gasteiger partial charge in [-0.05, 0) is 108 Å². The smallest absolute Gasteiger partial charge is 0.325 e. The Labute approximate surface area is 523 Å². The molecule has 1 unspecified atom stereocenters. The Morgan fingerprint density at radius 2 is 0.814 bits per heavy atom. The predicted octanol–water partition coefficient (Wildman–Crippen LogP) is 16.6. The van der Waals surface area contributed by atoms with Crippen molar-refractivity contribution in [3.05, 3.63) is 41.8 Å². The van der Waals surface area contributed by atoms with Gasteiger partial charge in [0.25, 0.3) is 11.8 Å². The summed E-state index contributed by atoms with van der Waals surface area (Å²) in [4.78, 5) is 64.5. The highest BCUT2D eigenvalue weighted by Crippen LogP contribution is 2.20. The zero-order valence-electron chi connectivity index (χ0n) is 55.1. The van der Waals surface area contributed by atoms with E-state index in [-0.39, 0.29) is 32.7 Å². The van der Waals surface area contributed by atoms with Crippen LogP contribution in [0, 0.1) is 0 Å². The number of hydrogen-bond acceptors (Lipinski definition) is 11. The maximum Gasteiger partial charge on any atom is 0.325 e. The third-order valence-electron chi connectivity index (χ3n) is 15.5. The minimum absolute atomic E-state index is 0. The molecule has 24 nitrogen and oxygen atoms in total. The van der Waals surface area contributed by atoms with Crippen molar-refractivity contribution in [2.45, 2.75) is 272 Å². The van der Waals surface area contributed by atoms with Gasteiger partial charge < -0.3 is 31.1 Å². The molecule has 0 bridgehead atoms. The molecule has 0 aromatic heterocycles. The average molecular weight is 1220 g/mol. The largest absolute Gasteiger partial charge is 0.330 e. The summed E-state index contributed by atoms with van der Waals surface area (Å²) in [5.74, 6) is -0.321. The molecule has 2 saturated heterocycles. The average Bonchev–Trinajstić information content (AvgIpc) is 1.87. The molecular weight excluding hydrogens is 1090 g/mol. The number of quaternary nitrogens is 1. The van der Waals surface area contributed by atoms with E-state index in [1.807, 2.05) is 0 Å². The summed E-state index contributed by atoms with van der Waals surface area (Å²) in [5, 5.41) is 22.7. The SMILES string of the molecule is C.CCCCCCCCCCCCN(CCCN1C(=O)NC(C)(C)C1=O)CCN=[N+]=[N-].CCCCCCCCCCCCNCCN=[N+]=[N-].CCCCCCCCCCCC[N+](C)(CCCN1C(=O)NC(C)(C)C1=O)CCN=[N+]=[N-].[2HH].[N-]=[N+]=NCCN. The van der Waals surface area contributed by atoms with Crippen molar-refractivity contribution in [1.29, 1.82) is 0 Å². The molecule has 2 aliphatic rings. The number of nitrogens with zero attached hydrogens (tertiary/aromatic N) is 16. The van der Waals surface area contributed by atoms with Crippen LogP contribution in [0.4, 0.5) is 9.59 Å². The molecule has 6 amide bonds. The van der Waals surface area contributed by atoms with Crippen LogP contribution in [-0.4, -0.2) is 159 Å². The van der Waals surface area contributed by atoms with E-state index in [0.717, 1.165) is 76.0 Å². The van der Waals surface area contributed by atoms with Crippen LogP contribution in [-0.2, 0) is 9.59 Å². The van der Waals surface area contributed by atoms with Crippen LogP contribution in [0.25, 0.3) is 41.8 Å². The molecular formula is C62H129N20O4+. The summed E-state index contributed by atoms with van der Waals surface area (Å²) >= 11 is 0. The molecule has 1 atom stereocenters. The van der Waals surface area contributed by atoms with Crippen molar-refractivity contribution < 1.29 is 25.1 Å². The first kappa shape index (κ1) is 85.2. The topological polar surface area (TPSA) is 335 Å². The summed E-state index contributed by atoms with van der Waals surface area (Å²) in [6.07, 6.45) is 41.3. The number of urea groups is 2. The number of unbranched alkanes of at least 4 members (excludes halogenated alkanes) is 27. The lowest BCUT2D eigenvalue weighted by Gasteiger charge is -2.35. The summed E-state index contributed by atoms with van der Waals surface area (Å²) in [7, 11) is 2.19. The second kappa shape index (κ2) is 59.0. The van der Waals surface area contributed by atoms with Crippen LogP contribution >= 0.6 is 0 Å². The number of likely N-dealkylation sites (N-methyl/N-ethyl adjacent to an activating group) is 1. The third-order valence-corrected chi connectivity index (χ3v) is 15.5. The number of carbonyl (C=O) groups excluding carboxylic acids is 4. The lowest BCUT2D eigenvalue weighted by molar-refractivity contribution is -0.908.